The molecule has 2 atom stereocenters. The lowest BCUT2D eigenvalue weighted by Gasteiger charge is -2.26. The highest BCUT2D eigenvalue weighted by Gasteiger charge is 2.36. The Kier molecular flexibility index (Phi) is 10.7. The summed E-state index contributed by atoms with van der Waals surface area (Å²) in [6.45, 7) is 5.80. The predicted octanol–water partition coefficient (Wildman–Crippen LogP) is 4.04. The molecule has 5 heteroatoms. The van der Waals surface area contributed by atoms with E-state index in [1.54, 1.807) is 0 Å². The van der Waals surface area contributed by atoms with Gasteiger partial charge < -0.3 is 14.6 Å². The van der Waals surface area contributed by atoms with Crippen LogP contribution < -0.4 is 0 Å². The van der Waals surface area contributed by atoms with E-state index in [9.17, 15) is 14.7 Å². The van der Waals surface area contributed by atoms with Crippen LogP contribution in [-0.4, -0.2) is 36.9 Å². The number of ether oxygens (including phenoxy) is 2. The van der Waals surface area contributed by atoms with Crippen LogP contribution in [0.2, 0.25) is 0 Å². The molecule has 24 heavy (non-hydrogen) atoms. The highest BCUT2D eigenvalue weighted by atomic mass is 16.6. The minimum atomic E-state index is -0.884. The Balaban J connectivity index is 2.02. The number of hydrogen-bond acceptors (Lipinski definition) is 4. The zero-order chi connectivity index (χ0) is 17.8. The van der Waals surface area contributed by atoms with Crippen molar-refractivity contribution in [3.05, 3.63) is 0 Å². The van der Waals surface area contributed by atoms with Crippen molar-refractivity contribution in [1.29, 1.82) is 0 Å². The Hall–Kier alpha value is -1.10. The monoisotopic (exact) mass is 342 g/mol. The van der Waals surface area contributed by atoms with Crippen LogP contribution in [0.5, 0.6) is 0 Å². The third kappa shape index (κ3) is 8.67. The lowest BCUT2D eigenvalue weighted by molar-refractivity contribution is -0.160. The number of rotatable bonds is 12. The number of carbonyl (C=O) groups is 2. The number of aliphatic carboxylic acids is 1. The largest absolute Gasteiger partial charge is 0.481 e. The van der Waals surface area contributed by atoms with Crippen LogP contribution in [0.1, 0.15) is 71.6 Å². The molecule has 0 bridgehead atoms. The summed E-state index contributed by atoms with van der Waals surface area (Å²) >= 11 is 0. The number of hydrogen-bond donors (Lipinski definition) is 1. The van der Waals surface area contributed by atoms with Crippen molar-refractivity contribution in [3.8, 4) is 0 Å². The fourth-order valence-electron chi connectivity index (χ4n) is 3.23. The average Bonchev–Trinajstić information content (AvgIpc) is 2.56. The molecule has 1 fully saturated rings. The molecule has 1 aliphatic carbocycles. The summed E-state index contributed by atoms with van der Waals surface area (Å²) in [5.41, 5.74) is 0. The van der Waals surface area contributed by atoms with Crippen LogP contribution in [0.25, 0.3) is 0 Å². The van der Waals surface area contributed by atoms with Crippen LogP contribution in [0.3, 0.4) is 0 Å². The van der Waals surface area contributed by atoms with Crippen LogP contribution in [-0.2, 0) is 19.1 Å². The highest BCUT2D eigenvalue weighted by molar-refractivity contribution is 5.81. The van der Waals surface area contributed by atoms with E-state index in [1.807, 2.05) is 0 Å². The molecule has 1 N–H and O–H groups in total. The number of unbranched alkanes of at least 4 members (excludes halogenated alkanes) is 3. The summed E-state index contributed by atoms with van der Waals surface area (Å²) in [4.78, 5) is 23.2. The van der Waals surface area contributed by atoms with Gasteiger partial charge in [0, 0.05) is 6.61 Å². The van der Waals surface area contributed by atoms with Crippen LogP contribution >= 0.6 is 0 Å². The zero-order valence-electron chi connectivity index (χ0n) is 15.3. The van der Waals surface area contributed by atoms with Crippen LogP contribution in [0.4, 0.5) is 0 Å². The molecule has 2 unspecified atom stereocenters. The van der Waals surface area contributed by atoms with Crippen molar-refractivity contribution >= 4 is 11.9 Å². The van der Waals surface area contributed by atoms with Gasteiger partial charge in [-0.15, -0.1) is 0 Å². The lowest BCUT2D eigenvalue weighted by atomic mass is 9.79. The number of carbonyl (C=O) groups excluding carboxylic acids is 1. The summed E-state index contributed by atoms with van der Waals surface area (Å²) in [7, 11) is 0. The number of carboxylic acid groups (broad SMARTS) is 1. The molecule has 0 heterocycles. The molecule has 5 nitrogen and oxygen atoms in total. The van der Waals surface area contributed by atoms with Crippen molar-refractivity contribution in [2.45, 2.75) is 71.6 Å². The van der Waals surface area contributed by atoms with Gasteiger partial charge in [-0.1, -0.05) is 52.4 Å². The van der Waals surface area contributed by atoms with Gasteiger partial charge in [0.25, 0.3) is 0 Å². The number of esters is 1. The summed E-state index contributed by atoms with van der Waals surface area (Å²) in [5, 5.41) is 9.19. The third-order valence-corrected chi connectivity index (χ3v) is 4.68. The first-order valence-corrected chi connectivity index (χ1v) is 9.49. The molecular weight excluding hydrogens is 308 g/mol. The highest BCUT2D eigenvalue weighted by Crippen LogP contribution is 2.31. The fourth-order valence-corrected chi connectivity index (χ4v) is 3.23. The molecule has 0 aromatic heterocycles. The molecule has 0 radical (unpaired) electrons. The van der Waals surface area contributed by atoms with Crippen molar-refractivity contribution in [2.24, 2.45) is 17.8 Å². The Morgan fingerprint density at radius 1 is 0.958 bits per heavy atom. The Morgan fingerprint density at radius 3 is 2.29 bits per heavy atom. The molecule has 1 aliphatic rings. The van der Waals surface area contributed by atoms with Crippen molar-refractivity contribution in [3.63, 3.8) is 0 Å². The van der Waals surface area contributed by atoms with E-state index < -0.39 is 17.8 Å². The van der Waals surface area contributed by atoms with E-state index >= 15 is 0 Å². The van der Waals surface area contributed by atoms with Gasteiger partial charge in [-0.05, 0) is 25.2 Å². The normalized spacial score (nSPS) is 21.0. The summed E-state index contributed by atoms with van der Waals surface area (Å²) < 4.78 is 10.7. The Morgan fingerprint density at radius 2 is 1.62 bits per heavy atom. The molecule has 0 aliphatic heterocycles. The molecule has 0 amide bonds. The van der Waals surface area contributed by atoms with Gasteiger partial charge in [-0.2, -0.15) is 0 Å². The Labute approximate surface area is 146 Å². The first kappa shape index (κ1) is 20.9. The van der Waals surface area contributed by atoms with Gasteiger partial charge in [-0.3, -0.25) is 9.59 Å². The van der Waals surface area contributed by atoms with Crippen molar-refractivity contribution in [2.75, 3.05) is 19.8 Å². The second kappa shape index (κ2) is 12.3. The maximum Gasteiger partial charge on any atom is 0.309 e. The molecule has 1 rings (SSSR count). The first-order valence-electron chi connectivity index (χ1n) is 9.49. The summed E-state index contributed by atoms with van der Waals surface area (Å²) in [6, 6.07) is 0. The van der Waals surface area contributed by atoms with Gasteiger partial charge in [0.2, 0.25) is 0 Å². The topological polar surface area (TPSA) is 72.8 Å². The van der Waals surface area contributed by atoms with Crippen molar-refractivity contribution in [1.82, 2.24) is 0 Å². The van der Waals surface area contributed by atoms with Crippen LogP contribution in [0.15, 0.2) is 0 Å². The van der Waals surface area contributed by atoms with E-state index in [0.717, 1.165) is 25.2 Å². The molecule has 0 saturated heterocycles. The van der Waals surface area contributed by atoms with E-state index in [-0.39, 0.29) is 12.6 Å². The molecule has 140 valence electrons. The van der Waals surface area contributed by atoms with Gasteiger partial charge >= 0.3 is 11.9 Å². The predicted molar refractivity (Wildman–Crippen MR) is 92.8 cm³/mol. The van der Waals surface area contributed by atoms with E-state index in [2.05, 4.69) is 13.8 Å². The first-order chi connectivity index (χ1) is 11.5. The molecule has 0 aromatic rings. The van der Waals surface area contributed by atoms with Gasteiger partial charge in [0.05, 0.1) is 18.4 Å². The summed E-state index contributed by atoms with van der Waals surface area (Å²) in [5.74, 6) is -1.55. The smallest absolute Gasteiger partial charge is 0.309 e. The molecule has 0 spiro atoms. The number of carboxylic acids is 1. The second-order valence-electron chi connectivity index (χ2n) is 7.21. The molecule has 0 aromatic carbocycles. The van der Waals surface area contributed by atoms with E-state index in [1.165, 1.54) is 25.7 Å². The van der Waals surface area contributed by atoms with Gasteiger partial charge in [0.1, 0.15) is 6.61 Å². The molecular formula is C19H34O5. The average molecular weight is 342 g/mol. The maximum atomic E-state index is 12.0. The SMILES string of the molecule is CC(C)CCCCCCOCCOC(=O)C1CCCCC1C(=O)O. The van der Waals surface area contributed by atoms with Gasteiger partial charge in [0.15, 0.2) is 0 Å². The quantitative estimate of drug-likeness (QED) is 0.428. The minimum Gasteiger partial charge on any atom is -0.481 e. The lowest BCUT2D eigenvalue weighted by Crippen LogP contribution is -2.34. The summed E-state index contributed by atoms with van der Waals surface area (Å²) in [6.07, 6.45) is 8.99. The van der Waals surface area contributed by atoms with E-state index in [0.29, 0.717) is 26.1 Å². The van der Waals surface area contributed by atoms with Gasteiger partial charge in [-0.25, -0.2) is 0 Å². The van der Waals surface area contributed by atoms with Crippen molar-refractivity contribution < 1.29 is 24.2 Å². The van der Waals surface area contributed by atoms with Crippen LogP contribution in [0, 0.1) is 17.8 Å². The minimum absolute atomic E-state index is 0.217. The van der Waals surface area contributed by atoms with E-state index in [4.69, 9.17) is 9.47 Å². The second-order valence-corrected chi connectivity index (χ2v) is 7.21. The third-order valence-electron chi connectivity index (χ3n) is 4.68. The standard InChI is InChI=1S/C19H34O5/c1-15(2)9-5-3-4-8-12-23-13-14-24-19(22)17-11-7-6-10-16(17)18(20)21/h15-17H,3-14H2,1-2H3,(H,20,21). The Bertz CT molecular complexity index is 367. The zero-order valence-corrected chi connectivity index (χ0v) is 15.3. The maximum absolute atomic E-state index is 12.0. The fraction of sp³-hybridized carbons (Fsp3) is 0.895. The molecule has 1 saturated carbocycles.